The highest BCUT2D eigenvalue weighted by atomic mass is 35.5. The molecule has 2 aromatic carbocycles. The van der Waals surface area contributed by atoms with Crippen molar-refractivity contribution in [2.24, 2.45) is 11.8 Å². The van der Waals surface area contributed by atoms with Crippen LogP contribution in [0.5, 0.6) is 0 Å². The quantitative estimate of drug-likeness (QED) is 0.512. The third-order valence-electron chi connectivity index (χ3n) is 7.23. The summed E-state index contributed by atoms with van der Waals surface area (Å²) in [4.78, 5) is 30.1. The van der Waals surface area contributed by atoms with Crippen molar-refractivity contribution in [2.75, 3.05) is 32.8 Å². The van der Waals surface area contributed by atoms with Crippen LogP contribution in [0.2, 0.25) is 5.02 Å². The van der Waals surface area contributed by atoms with Crippen LogP contribution >= 0.6 is 11.6 Å². The van der Waals surface area contributed by atoms with Gasteiger partial charge in [0.25, 0.3) is 0 Å². The summed E-state index contributed by atoms with van der Waals surface area (Å²) in [7, 11) is 0. The number of amides is 1. The number of carbonyl (C=O) groups is 2. The maximum absolute atomic E-state index is 14.0. The first-order valence-electron chi connectivity index (χ1n) is 12.5. The molecule has 2 aliphatic rings. The second-order valence-corrected chi connectivity index (χ2v) is 10.2. The first kappa shape index (κ1) is 25.6. The molecule has 2 aromatic rings. The lowest BCUT2D eigenvalue weighted by Gasteiger charge is -2.41. The van der Waals surface area contributed by atoms with Gasteiger partial charge >= 0.3 is 5.97 Å². The first-order chi connectivity index (χ1) is 16.9. The van der Waals surface area contributed by atoms with Crippen LogP contribution in [-0.2, 0) is 20.9 Å². The molecule has 4 rings (SSSR count). The molecule has 0 unspecified atom stereocenters. The Morgan fingerprint density at radius 1 is 1.11 bits per heavy atom. The predicted octanol–water partition coefficient (Wildman–Crippen LogP) is 5.19. The normalized spacial score (nSPS) is 23.2. The Morgan fingerprint density at radius 2 is 1.91 bits per heavy atom. The lowest BCUT2D eigenvalue weighted by Crippen LogP contribution is -2.50. The van der Waals surface area contributed by atoms with Gasteiger partial charge in [-0.15, -0.1) is 0 Å². The third kappa shape index (κ3) is 6.22. The van der Waals surface area contributed by atoms with Crippen molar-refractivity contribution in [3.05, 3.63) is 70.0 Å². The van der Waals surface area contributed by atoms with E-state index in [1.54, 1.807) is 13.8 Å². The molecule has 5 nitrogen and oxygen atoms in total. The minimum absolute atomic E-state index is 0.0895. The SMILES string of the molecule is CCOC(=O)[C@H]1CCCN(C(=O)[C@H]2C[C@@H](c3ccc(F)c(C)c3)CN(Cc3ccccc3Cl)C2)C1. The largest absolute Gasteiger partial charge is 0.466 e. The summed E-state index contributed by atoms with van der Waals surface area (Å²) in [5.41, 5.74) is 2.69. The van der Waals surface area contributed by atoms with Crippen molar-refractivity contribution in [1.29, 1.82) is 0 Å². The van der Waals surface area contributed by atoms with Gasteiger partial charge in [-0.3, -0.25) is 14.5 Å². The summed E-state index contributed by atoms with van der Waals surface area (Å²) < 4.78 is 19.2. The zero-order valence-electron chi connectivity index (χ0n) is 20.5. The van der Waals surface area contributed by atoms with Crippen molar-refractivity contribution >= 4 is 23.5 Å². The van der Waals surface area contributed by atoms with Gasteiger partial charge < -0.3 is 9.64 Å². The molecule has 2 aliphatic heterocycles. The molecule has 0 spiro atoms. The van der Waals surface area contributed by atoms with Gasteiger partial charge in [0.15, 0.2) is 0 Å². The third-order valence-corrected chi connectivity index (χ3v) is 7.60. The van der Waals surface area contributed by atoms with Crippen LogP contribution in [0.3, 0.4) is 0 Å². The number of aryl methyl sites for hydroxylation is 1. The second kappa shape index (κ2) is 11.5. The van der Waals surface area contributed by atoms with Gasteiger partial charge in [-0.2, -0.15) is 0 Å². The van der Waals surface area contributed by atoms with Crippen molar-refractivity contribution in [3.8, 4) is 0 Å². The van der Waals surface area contributed by atoms with Crippen molar-refractivity contribution in [1.82, 2.24) is 9.80 Å². The topological polar surface area (TPSA) is 49.9 Å². The van der Waals surface area contributed by atoms with E-state index in [4.69, 9.17) is 16.3 Å². The molecular formula is C28H34ClFN2O3. The molecule has 188 valence electrons. The molecule has 2 fully saturated rings. The number of benzene rings is 2. The summed E-state index contributed by atoms with van der Waals surface area (Å²) in [6, 6.07) is 13.0. The van der Waals surface area contributed by atoms with Crippen LogP contribution in [0.25, 0.3) is 0 Å². The Morgan fingerprint density at radius 3 is 2.66 bits per heavy atom. The van der Waals surface area contributed by atoms with E-state index in [1.807, 2.05) is 41.3 Å². The zero-order valence-corrected chi connectivity index (χ0v) is 21.3. The van der Waals surface area contributed by atoms with Gasteiger partial charge in [-0.05, 0) is 67.9 Å². The molecule has 2 saturated heterocycles. The zero-order chi connectivity index (χ0) is 24.9. The van der Waals surface area contributed by atoms with Crippen LogP contribution in [0.4, 0.5) is 4.39 Å². The number of hydrogen-bond donors (Lipinski definition) is 0. The number of carbonyl (C=O) groups excluding carboxylic acids is 2. The number of nitrogens with zero attached hydrogens (tertiary/aromatic N) is 2. The Bertz CT molecular complexity index is 1060. The predicted molar refractivity (Wildman–Crippen MR) is 135 cm³/mol. The van der Waals surface area contributed by atoms with E-state index in [-0.39, 0.29) is 35.4 Å². The van der Waals surface area contributed by atoms with E-state index >= 15 is 0 Å². The summed E-state index contributed by atoms with van der Waals surface area (Å²) in [5.74, 6) is -0.706. The van der Waals surface area contributed by atoms with Crippen LogP contribution in [0.15, 0.2) is 42.5 Å². The summed E-state index contributed by atoms with van der Waals surface area (Å²) in [5, 5.41) is 0.712. The molecule has 0 bridgehead atoms. The molecule has 0 radical (unpaired) electrons. The molecule has 0 aliphatic carbocycles. The fourth-order valence-corrected chi connectivity index (χ4v) is 5.61. The van der Waals surface area contributed by atoms with Gasteiger partial charge in [0.1, 0.15) is 5.82 Å². The molecule has 1 amide bonds. The highest BCUT2D eigenvalue weighted by Crippen LogP contribution is 2.34. The van der Waals surface area contributed by atoms with Crippen LogP contribution < -0.4 is 0 Å². The highest BCUT2D eigenvalue weighted by molar-refractivity contribution is 6.31. The number of esters is 1. The highest BCUT2D eigenvalue weighted by Gasteiger charge is 2.37. The Hall–Kier alpha value is -2.44. The van der Waals surface area contributed by atoms with E-state index in [0.29, 0.717) is 49.8 Å². The van der Waals surface area contributed by atoms with E-state index in [0.717, 1.165) is 30.5 Å². The van der Waals surface area contributed by atoms with Gasteiger partial charge in [-0.25, -0.2) is 4.39 Å². The lowest BCUT2D eigenvalue weighted by molar-refractivity contribution is -0.152. The molecule has 0 N–H and O–H groups in total. The molecule has 35 heavy (non-hydrogen) atoms. The lowest BCUT2D eigenvalue weighted by atomic mass is 9.82. The molecule has 2 heterocycles. The van der Waals surface area contributed by atoms with Gasteiger partial charge in [0.05, 0.1) is 18.4 Å². The summed E-state index contributed by atoms with van der Waals surface area (Å²) >= 11 is 6.44. The minimum atomic E-state index is -0.258. The maximum Gasteiger partial charge on any atom is 0.310 e. The second-order valence-electron chi connectivity index (χ2n) is 9.80. The minimum Gasteiger partial charge on any atom is -0.466 e. The number of rotatable bonds is 6. The molecule has 7 heteroatoms. The fraction of sp³-hybridized carbons (Fsp3) is 0.500. The van der Waals surface area contributed by atoms with Gasteiger partial charge in [0, 0.05) is 37.7 Å². The van der Waals surface area contributed by atoms with E-state index < -0.39 is 0 Å². The van der Waals surface area contributed by atoms with Crippen molar-refractivity contribution in [3.63, 3.8) is 0 Å². The van der Waals surface area contributed by atoms with E-state index in [1.165, 1.54) is 6.07 Å². The molecular weight excluding hydrogens is 467 g/mol. The van der Waals surface area contributed by atoms with Gasteiger partial charge in [0.2, 0.25) is 5.91 Å². The van der Waals surface area contributed by atoms with Crippen LogP contribution in [0.1, 0.15) is 48.8 Å². The number of piperidine rings is 2. The van der Waals surface area contributed by atoms with Gasteiger partial charge in [-0.1, -0.05) is 41.9 Å². The number of hydrogen-bond acceptors (Lipinski definition) is 4. The average molecular weight is 501 g/mol. The van der Waals surface area contributed by atoms with Crippen molar-refractivity contribution in [2.45, 2.75) is 45.6 Å². The number of ether oxygens (including phenoxy) is 1. The molecule has 0 saturated carbocycles. The smallest absolute Gasteiger partial charge is 0.310 e. The van der Waals surface area contributed by atoms with Crippen LogP contribution in [-0.4, -0.2) is 54.5 Å². The molecule has 3 atom stereocenters. The Kier molecular flexibility index (Phi) is 8.45. The number of likely N-dealkylation sites (tertiary alicyclic amines) is 2. The molecule has 0 aromatic heterocycles. The van der Waals surface area contributed by atoms with Crippen LogP contribution in [0, 0.1) is 24.6 Å². The summed E-state index contributed by atoms with van der Waals surface area (Å²) in [6.45, 7) is 7.04. The summed E-state index contributed by atoms with van der Waals surface area (Å²) in [6.07, 6.45) is 2.25. The maximum atomic E-state index is 14.0. The Labute approximate surface area is 212 Å². The number of halogens is 2. The standard InChI is InChI=1S/C28H34ClFN2O3/c1-3-35-28(34)22-8-6-12-32(18-22)27(33)24-14-23(20-10-11-26(30)19(2)13-20)16-31(17-24)15-21-7-4-5-9-25(21)29/h4-5,7,9-11,13,22-24H,3,6,8,12,14-18H2,1-2H3/t22-,23+,24-/m0/s1. The van der Waals surface area contributed by atoms with E-state index in [9.17, 15) is 14.0 Å². The average Bonchev–Trinajstić information content (AvgIpc) is 2.86. The Balaban J connectivity index is 1.54. The first-order valence-corrected chi connectivity index (χ1v) is 12.9. The van der Waals surface area contributed by atoms with Crippen molar-refractivity contribution < 1.29 is 18.7 Å². The van der Waals surface area contributed by atoms with E-state index in [2.05, 4.69) is 4.90 Å². The fourth-order valence-electron chi connectivity index (χ4n) is 5.42. The monoisotopic (exact) mass is 500 g/mol.